The van der Waals surface area contributed by atoms with Crippen molar-refractivity contribution in [3.63, 3.8) is 0 Å². The maximum absolute atomic E-state index is 13.7. The number of anilines is 3. The number of methoxy groups -OCH3 is 2. The molecule has 0 bridgehead atoms. The molecule has 9 aromatic carbocycles. The number of carboxylic acids is 2. The summed E-state index contributed by atoms with van der Waals surface area (Å²) in [6, 6.07) is 46.3. The SMILES string of the molecule is CNC(=O)c1cc(C(=O)Nc2ccc(Oc3ccc(C)cc3)cc2)c(C(=O)OC)cc1C(=O)O.COC(=O)c1cc(C(=O)O)c(C(=O)Nc2ccc(Oc3ccc(C)cc3)cc2)cc1C(=O)Nc1ccc(Oc2ccc(-n3c(=O)c4cc5c(=O)n(C)c(=O)c5cc4c3=O)cc2)cc1. The predicted octanol–water partition coefficient (Wildman–Crippen LogP) is 10.2. The average Bonchev–Trinajstić information content (AvgIpc) is 1.61. The van der Waals surface area contributed by atoms with E-state index in [4.69, 9.17) is 18.9 Å². The number of carbonyl (C=O) groups excluding carboxylic acids is 6. The zero-order valence-corrected chi connectivity index (χ0v) is 52.0. The fraction of sp³-hybridized carbons (Fsp3) is 0.0833. The summed E-state index contributed by atoms with van der Waals surface area (Å²) >= 11 is 0. The molecule has 6 N–H and O–H groups in total. The van der Waals surface area contributed by atoms with Crippen LogP contribution in [0.25, 0.3) is 27.2 Å². The van der Waals surface area contributed by atoms with Crippen molar-refractivity contribution >= 4 is 86.1 Å². The fourth-order valence-electron chi connectivity index (χ4n) is 10.0. The van der Waals surface area contributed by atoms with Crippen LogP contribution in [0.1, 0.15) is 94.0 Å². The predicted molar refractivity (Wildman–Crippen MR) is 356 cm³/mol. The lowest BCUT2D eigenvalue weighted by molar-refractivity contribution is 0.0588. The summed E-state index contributed by atoms with van der Waals surface area (Å²) in [5.74, 6) is -5.11. The third kappa shape index (κ3) is 14.4. The first-order chi connectivity index (χ1) is 46.4. The molecular formula is C72H54N6O19. The summed E-state index contributed by atoms with van der Waals surface area (Å²) in [6.45, 7) is 3.92. The molecule has 4 amide bonds. The highest BCUT2D eigenvalue weighted by molar-refractivity contribution is 6.18. The summed E-state index contributed by atoms with van der Waals surface area (Å²) in [5, 5.41) is 29.8. The summed E-state index contributed by atoms with van der Waals surface area (Å²) in [7, 11) is 4.81. The van der Waals surface area contributed by atoms with E-state index in [1.165, 1.54) is 74.8 Å². The molecule has 0 aliphatic rings. The number of nitrogens with one attached hydrogen (secondary N) is 4. The number of aryl methyl sites for hydroxylation is 2. The zero-order valence-electron chi connectivity index (χ0n) is 52.0. The van der Waals surface area contributed by atoms with E-state index < -0.39 is 92.0 Å². The summed E-state index contributed by atoms with van der Waals surface area (Å²) in [4.78, 5) is 153. The number of nitrogens with zero attached hydrogens (tertiary/aromatic N) is 2. The summed E-state index contributed by atoms with van der Waals surface area (Å²) < 4.78 is 28.9. The third-order valence-corrected chi connectivity index (χ3v) is 15.1. The van der Waals surface area contributed by atoms with E-state index in [2.05, 4.69) is 26.0 Å². The van der Waals surface area contributed by atoms with Crippen LogP contribution in [-0.4, -0.2) is 88.1 Å². The third-order valence-electron chi connectivity index (χ3n) is 15.1. The van der Waals surface area contributed by atoms with Crippen LogP contribution in [0.15, 0.2) is 201 Å². The molecule has 0 aliphatic heterocycles. The Morgan fingerprint density at radius 1 is 0.351 bits per heavy atom. The molecule has 2 aromatic heterocycles. The van der Waals surface area contributed by atoms with Gasteiger partial charge in [0.25, 0.3) is 45.9 Å². The van der Waals surface area contributed by atoms with Gasteiger partial charge in [0.2, 0.25) is 0 Å². The van der Waals surface area contributed by atoms with E-state index in [9.17, 15) is 67.7 Å². The number of ether oxygens (including phenoxy) is 5. The first-order valence-electron chi connectivity index (χ1n) is 29.1. The van der Waals surface area contributed by atoms with Crippen molar-refractivity contribution in [3.8, 4) is 40.2 Å². The molecule has 0 saturated heterocycles. The number of hydrogen-bond acceptors (Lipinski definition) is 17. The molecule has 25 heteroatoms. The second-order valence-electron chi connectivity index (χ2n) is 21.5. The molecule has 25 nitrogen and oxygen atoms in total. The van der Waals surface area contributed by atoms with Crippen LogP contribution in [-0.2, 0) is 16.5 Å². The van der Waals surface area contributed by atoms with Gasteiger partial charge in [0.1, 0.15) is 34.5 Å². The van der Waals surface area contributed by atoms with Crippen LogP contribution in [0.4, 0.5) is 17.1 Å². The van der Waals surface area contributed by atoms with Gasteiger partial charge in [-0.05, 0) is 172 Å². The second kappa shape index (κ2) is 28.1. The number of rotatable bonds is 18. The molecule has 0 fully saturated rings. The van der Waals surface area contributed by atoms with E-state index in [0.717, 1.165) is 58.7 Å². The molecule has 0 spiro atoms. The zero-order chi connectivity index (χ0) is 69.5. The number of aromatic nitrogens is 2. The maximum Gasteiger partial charge on any atom is 0.338 e. The van der Waals surface area contributed by atoms with Crippen molar-refractivity contribution in [3.05, 3.63) is 279 Å². The highest BCUT2D eigenvalue weighted by atomic mass is 16.5. The number of fused-ring (bicyclic) bond motifs is 2. The Morgan fingerprint density at radius 3 is 0.918 bits per heavy atom. The first kappa shape index (κ1) is 66.3. The van der Waals surface area contributed by atoms with Gasteiger partial charge < -0.3 is 55.2 Å². The van der Waals surface area contributed by atoms with Gasteiger partial charge in [-0.1, -0.05) is 35.4 Å². The number of aromatic carboxylic acids is 2. The van der Waals surface area contributed by atoms with Gasteiger partial charge in [0.05, 0.1) is 86.0 Å². The molecule has 0 saturated carbocycles. The minimum Gasteiger partial charge on any atom is -0.478 e. The van der Waals surface area contributed by atoms with Crippen molar-refractivity contribution in [2.45, 2.75) is 13.8 Å². The van der Waals surface area contributed by atoms with Crippen molar-refractivity contribution in [1.29, 1.82) is 0 Å². The Morgan fingerprint density at radius 2 is 0.619 bits per heavy atom. The van der Waals surface area contributed by atoms with Crippen LogP contribution in [0.3, 0.4) is 0 Å². The lowest BCUT2D eigenvalue weighted by atomic mass is 9.96. The van der Waals surface area contributed by atoms with E-state index in [1.807, 2.05) is 62.4 Å². The summed E-state index contributed by atoms with van der Waals surface area (Å²) in [5.41, 5.74) is -1.99. The number of hydrogen-bond donors (Lipinski definition) is 6. The number of carbonyl (C=O) groups is 8. The standard InChI is InChI=1S/C47H32N4O12.C25H22N2O7/c1-24-4-12-28(13-5-24)62-29-14-6-25(7-15-29)48-40(52)32-20-33(39(47(60)61-3)23-38(32)46(58)59)41(53)49-26-8-16-30(17-9-26)63-31-18-10-27(11-19-31)51-44(56)36-21-34-35(22-37(36)45(51)57)43(55)50(2)42(34)54;1-14-4-8-16(9-5-14)34-17-10-6-15(7-11-17)27-23(29)19-12-18(22(28)26-2)20(24(30)31)13-21(19)25(32)33-3/h4-23H,1-3H3,(H,48,52)(H,49,53)(H,58,59);4-13H,1-3H3,(H,26,28)(H,27,29)(H,30,31). The number of amides is 4. The Labute approximate surface area is 547 Å². The topological polar surface area (TPSA) is 349 Å². The van der Waals surface area contributed by atoms with E-state index in [0.29, 0.717) is 45.9 Å². The monoisotopic (exact) mass is 1310 g/mol. The van der Waals surface area contributed by atoms with E-state index in [1.54, 1.807) is 48.5 Å². The normalized spacial score (nSPS) is 10.7. The Kier molecular flexibility index (Phi) is 19.2. The van der Waals surface area contributed by atoms with Gasteiger partial charge in [-0.15, -0.1) is 0 Å². The largest absolute Gasteiger partial charge is 0.478 e. The van der Waals surface area contributed by atoms with Gasteiger partial charge in [-0.3, -0.25) is 42.9 Å². The van der Waals surface area contributed by atoms with Crippen LogP contribution >= 0.6 is 0 Å². The molecule has 2 heterocycles. The van der Waals surface area contributed by atoms with Gasteiger partial charge in [0.15, 0.2) is 0 Å². The number of benzene rings is 9. The average molecular weight is 1310 g/mol. The quantitative estimate of drug-likeness (QED) is 0.0435. The lowest BCUT2D eigenvalue weighted by Crippen LogP contribution is -2.25. The van der Waals surface area contributed by atoms with Crippen molar-refractivity contribution in [1.82, 2.24) is 14.5 Å². The van der Waals surface area contributed by atoms with Gasteiger partial charge in [-0.25, -0.2) is 23.7 Å². The van der Waals surface area contributed by atoms with Crippen LogP contribution < -0.4 is 57.7 Å². The smallest absolute Gasteiger partial charge is 0.338 e. The van der Waals surface area contributed by atoms with Gasteiger partial charge in [0, 0.05) is 31.2 Å². The van der Waals surface area contributed by atoms with E-state index in [-0.39, 0.29) is 55.2 Å². The highest BCUT2D eigenvalue weighted by Gasteiger charge is 2.29. The van der Waals surface area contributed by atoms with Crippen LogP contribution in [0, 0.1) is 13.8 Å². The Hall–Kier alpha value is -13.6. The summed E-state index contributed by atoms with van der Waals surface area (Å²) in [6.07, 6.45) is 0. The van der Waals surface area contributed by atoms with Gasteiger partial charge in [-0.2, -0.15) is 0 Å². The molecular weight excluding hydrogens is 1250 g/mol. The first-order valence-corrected chi connectivity index (χ1v) is 29.1. The van der Waals surface area contributed by atoms with Crippen molar-refractivity contribution in [2.75, 3.05) is 37.2 Å². The van der Waals surface area contributed by atoms with Crippen molar-refractivity contribution < 1.29 is 72.3 Å². The highest BCUT2D eigenvalue weighted by Crippen LogP contribution is 2.30. The van der Waals surface area contributed by atoms with Crippen molar-refractivity contribution in [2.24, 2.45) is 7.05 Å². The molecule has 11 rings (SSSR count). The van der Waals surface area contributed by atoms with Crippen LogP contribution in [0.5, 0.6) is 34.5 Å². The van der Waals surface area contributed by atoms with Gasteiger partial charge >= 0.3 is 23.9 Å². The minimum absolute atomic E-state index is 0.00950. The second-order valence-corrected chi connectivity index (χ2v) is 21.5. The molecule has 97 heavy (non-hydrogen) atoms. The molecule has 0 atom stereocenters. The number of carboxylic acid groups (broad SMARTS) is 2. The Bertz CT molecular complexity index is 5130. The maximum atomic E-state index is 13.7. The Balaban J connectivity index is 0.000000253. The molecule has 0 unspecified atom stereocenters. The van der Waals surface area contributed by atoms with E-state index >= 15 is 0 Å². The molecule has 0 radical (unpaired) electrons. The lowest BCUT2D eigenvalue weighted by Gasteiger charge is -2.14. The number of esters is 2. The fourth-order valence-corrected chi connectivity index (χ4v) is 10.0. The molecule has 486 valence electrons. The minimum atomic E-state index is -1.53. The van der Waals surface area contributed by atoms with Crippen LogP contribution in [0.2, 0.25) is 0 Å². The molecule has 11 aromatic rings. The molecule has 0 aliphatic carbocycles.